The number of hydrogen-bond donors (Lipinski definition) is 2. The van der Waals surface area contributed by atoms with Crippen molar-refractivity contribution in [3.8, 4) is 11.3 Å². The number of aromatic amines is 1. The zero-order valence-corrected chi connectivity index (χ0v) is 13.7. The van der Waals surface area contributed by atoms with Gasteiger partial charge >= 0.3 is 0 Å². The van der Waals surface area contributed by atoms with Gasteiger partial charge in [0, 0.05) is 30.7 Å². The number of H-pyrrole nitrogens is 1. The lowest BCUT2D eigenvalue weighted by molar-refractivity contribution is -0.0390. The fourth-order valence-electron chi connectivity index (χ4n) is 3.60. The van der Waals surface area contributed by atoms with Crippen LogP contribution in [-0.4, -0.2) is 58.9 Å². The smallest absolute Gasteiger partial charge is 0.269 e. The van der Waals surface area contributed by atoms with Gasteiger partial charge in [-0.1, -0.05) is 30.3 Å². The van der Waals surface area contributed by atoms with Gasteiger partial charge in [-0.15, -0.1) is 0 Å². The van der Waals surface area contributed by atoms with E-state index in [1.807, 2.05) is 30.3 Å². The molecule has 3 heterocycles. The Balaban J connectivity index is 1.40. The van der Waals surface area contributed by atoms with Gasteiger partial charge in [-0.05, 0) is 19.4 Å². The zero-order valence-electron chi connectivity index (χ0n) is 13.7. The van der Waals surface area contributed by atoms with E-state index in [2.05, 4.69) is 27.3 Å². The van der Waals surface area contributed by atoms with Crippen LogP contribution in [0.4, 0.5) is 0 Å². The molecule has 1 aromatic carbocycles. The number of aromatic nitrogens is 2. The second-order valence-electron chi connectivity index (χ2n) is 6.69. The molecule has 126 valence electrons. The van der Waals surface area contributed by atoms with Crippen LogP contribution in [0.25, 0.3) is 11.3 Å². The van der Waals surface area contributed by atoms with Gasteiger partial charge in [-0.25, -0.2) is 0 Å². The average molecular weight is 326 g/mol. The fourth-order valence-corrected chi connectivity index (χ4v) is 3.60. The van der Waals surface area contributed by atoms with E-state index in [1.54, 1.807) is 6.07 Å². The first-order valence-electron chi connectivity index (χ1n) is 8.46. The SMILES string of the molecule is C[C@H]1CN2C[C@@H](NC(=O)c3cc(-c4ccccc4)n[nH]3)C[C@H]2CO1. The van der Waals surface area contributed by atoms with Crippen molar-refractivity contribution in [2.24, 2.45) is 0 Å². The number of nitrogens with zero attached hydrogens (tertiary/aromatic N) is 2. The molecule has 6 heteroatoms. The van der Waals surface area contributed by atoms with Crippen molar-refractivity contribution in [2.45, 2.75) is 31.5 Å². The Morgan fingerprint density at radius 2 is 2.17 bits per heavy atom. The summed E-state index contributed by atoms with van der Waals surface area (Å²) in [6, 6.07) is 12.2. The van der Waals surface area contributed by atoms with Gasteiger partial charge in [0.05, 0.1) is 18.4 Å². The number of ether oxygens (including phenoxy) is 1. The summed E-state index contributed by atoms with van der Waals surface area (Å²) in [5.74, 6) is -0.0940. The minimum atomic E-state index is -0.0940. The predicted octanol–water partition coefficient (Wildman–Crippen LogP) is 1.67. The molecule has 0 unspecified atom stereocenters. The number of hydrogen-bond acceptors (Lipinski definition) is 4. The molecule has 2 fully saturated rings. The first-order valence-corrected chi connectivity index (χ1v) is 8.46. The predicted molar refractivity (Wildman–Crippen MR) is 90.7 cm³/mol. The van der Waals surface area contributed by atoms with Gasteiger partial charge in [0.25, 0.3) is 5.91 Å². The van der Waals surface area contributed by atoms with Gasteiger partial charge in [-0.2, -0.15) is 5.10 Å². The van der Waals surface area contributed by atoms with Gasteiger partial charge in [0.1, 0.15) is 5.69 Å². The lowest BCUT2D eigenvalue weighted by Crippen LogP contribution is -2.45. The zero-order chi connectivity index (χ0) is 16.5. The minimum Gasteiger partial charge on any atom is -0.376 e. The van der Waals surface area contributed by atoms with Crippen molar-refractivity contribution in [1.29, 1.82) is 0 Å². The van der Waals surface area contributed by atoms with Crippen molar-refractivity contribution in [3.05, 3.63) is 42.1 Å². The van der Waals surface area contributed by atoms with Crippen molar-refractivity contribution in [1.82, 2.24) is 20.4 Å². The molecule has 4 rings (SSSR count). The Labute approximate surface area is 141 Å². The number of amides is 1. The molecule has 0 aliphatic carbocycles. The van der Waals surface area contributed by atoms with E-state index < -0.39 is 0 Å². The summed E-state index contributed by atoms with van der Waals surface area (Å²) in [4.78, 5) is 14.9. The molecule has 0 radical (unpaired) electrons. The lowest BCUT2D eigenvalue weighted by atomic mass is 10.1. The quantitative estimate of drug-likeness (QED) is 0.900. The molecule has 0 spiro atoms. The number of carbonyl (C=O) groups is 1. The number of nitrogens with one attached hydrogen (secondary N) is 2. The van der Waals surface area contributed by atoms with Crippen LogP contribution in [-0.2, 0) is 4.74 Å². The number of morpholine rings is 1. The maximum Gasteiger partial charge on any atom is 0.269 e. The van der Waals surface area contributed by atoms with Crippen LogP contribution in [0.5, 0.6) is 0 Å². The van der Waals surface area contributed by atoms with Crippen molar-refractivity contribution in [2.75, 3.05) is 19.7 Å². The first kappa shape index (κ1) is 15.4. The molecule has 6 nitrogen and oxygen atoms in total. The summed E-state index contributed by atoms with van der Waals surface area (Å²) in [5.41, 5.74) is 2.28. The monoisotopic (exact) mass is 326 g/mol. The van der Waals surface area contributed by atoms with E-state index in [1.165, 1.54) is 0 Å². The minimum absolute atomic E-state index is 0.0940. The van der Waals surface area contributed by atoms with E-state index >= 15 is 0 Å². The number of rotatable bonds is 3. The van der Waals surface area contributed by atoms with E-state index in [0.717, 1.165) is 37.4 Å². The fraction of sp³-hybridized carbons (Fsp3) is 0.444. The Hall–Kier alpha value is -2.18. The second kappa shape index (κ2) is 6.37. The number of carbonyl (C=O) groups excluding carboxylic acids is 1. The van der Waals surface area contributed by atoms with Crippen LogP contribution < -0.4 is 5.32 Å². The number of fused-ring (bicyclic) bond motifs is 1. The summed E-state index contributed by atoms with van der Waals surface area (Å²) in [7, 11) is 0. The third-order valence-corrected chi connectivity index (χ3v) is 4.82. The molecule has 2 N–H and O–H groups in total. The van der Waals surface area contributed by atoms with Gasteiger partial charge in [-0.3, -0.25) is 14.8 Å². The highest BCUT2D eigenvalue weighted by Crippen LogP contribution is 2.23. The van der Waals surface area contributed by atoms with Crippen molar-refractivity contribution < 1.29 is 9.53 Å². The number of benzene rings is 1. The highest BCUT2D eigenvalue weighted by Gasteiger charge is 2.36. The molecule has 3 atom stereocenters. The van der Waals surface area contributed by atoms with Gasteiger partial charge < -0.3 is 10.1 Å². The van der Waals surface area contributed by atoms with Gasteiger partial charge in [0.2, 0.25) is 0 Å². The molecule has 2 saturated heterocycles. The van der Waals surface area contributed by atoms with Crippen molar-refractivity contribution in [3.63, 3.8) is 0 Å². The summed E-state index contributed by atoms with van der Waals surface area (Å²) >= 11 is 0. The highest BCUT2D eigenvalue weighted by atomic mass is 16.5. The van der Waals surface area contributed by atoms with E-state index in [4.69, 9.17) is 4.74 Å². The molecule has 2 aliphatic heterocycles. The van der Waals surface area contributed by atoms with Crippen LogP contribution in [0.15, 0.2) is 36.4 Å². The average Bonchev–Trinajstić information content (AvgIpc) is 3.22. The van der Waals surface area contributed by atoms with E-state index in [0.29, 0.717) is 11.7 Å². The maximum atomic E-state index is 12.5. The third-order valence-electron chi connectivity index (χ3n) is 4.82. The maximum absolute atomic E-state index is 12.5. The third kappa shape index (κ3) is 3.07. The van der Waals surface area contributed by atoms with Crippen LogP contribution in [0.2, 0.25) is 0 Å². The molecular weight excluding hydrogens is 304 g/mol. The standard InChI is InChI=1S/C18H22N4O2/c1-12-9-22-10-14(7-15(22)11-24-12)19-18(23)17-8-16(20-21-17)13-5-3-2-4-6-13/h2-6,8,12,14-15H,7,9-11H2,1H3,(H,19,23)(H,20,21)/t12-,14-,15-/m0/s1. The molecule has 1 aromatic heterocycles. The summed E-state index contributed by atoms with van der Waals surface area (Å²) in [6.45, 7) is 4.69. The molecular formula is C18H22N4O2. The molecule has 0 bridgehead atoms. The molecule has 2 aromatic rings. The van der Waals surface area contributed by atoms with Crippen molar-refractivity contribution >= 4 is 5.91 Å². The van der Waals surface area contributed by atoms with E-state index in [-0.39, 0.29) is 18.1 Å². The molecule has 0 saturated carbocycles. The topological polar surface area (TPSA) is 70.2 Å². The molecule has 24 heavy (non-hydrogen) atoms. The summed E-state index contributed by atoms with van der Waals surface area (Å²) in [6.07, 6.45) is 1.22. The largest absolute Gasteiger partial charge is 0.376 e. The van der Waals surface area contributed by atoms with Crippen LogP contribution >= 0.6 is 0 Å². The molecule has 2 aliphatic rings. The summed E-state index contributed by atoms with van der Waals surface area (Å²) in [5, 5.41) is 10.2. The summed E-state index contributed by atoms with van der Waals surface area (Å²) < 4.78 is 5.71. The first-order chi connectivity index (χ1) is 11.7. The lowest BCUT2D eigenvalue weighted by Gasteiger charge is -2.33. The van der Waals surface area contributed by atoms with Crippen LogP contribution in [0, 0.1) is 0 Å². The van der Waals surface area contributed by atoms with Gasteiger partial charge in [0.15, 0.2) is 0 Å². The highest BCUT2D eigenvalue weighted by molar-refractivity contribution is 5.93. The Bertz CT molecular complexity index is 715. The molecule has 1 amide bonds. The van der Waals surface area contributed by atoms with E-state index in [9.17, 15) is 4.79 Å². The Morgan fingerprint density at radius 1 is 1.33 bits per heavy atom. The van der Waals surface area contributed by atoms with Crippen LogP contribution in [0.1, 0.15) is 23.8 Å². The van der Waals surface area contributed by atoms with Crippen LogP contribution in [0.3, 0.4) is 0 Å². The normalized spacial score (nSPS) is 27.0. The Morgan fingerprint density at radius 3 is 3.00 bits per heavy atom. The Kier molecular flexibility index (Phi) is 4.08. The second-order valence-corrected chi connectivity index (χ2v) is 6.69.